The van der Waals surface area contributed by atoms with Gasteiger partial charge in [-0.1, -0.05) is 176 Å². The van der Waals surface area contributed by atoms with E-state index in [1.165, 1.54) is 87.6 Å². The Hall–Kier alpha value is -6.96. The van der Waals surface area contributed by atoms with Gasteiger partial charge in [0.25, 0.3) is 0 Å². The highest BCUT2D eigenvalue weighted by atomic mass is 16.3. The van der Waals surface area contributed by atoms with Gasteiger partial charge >= 0.3 is 0 Å². The van der Waals surface area contributed by atoms with Crippen LogP contribution in [0.15, 0.2) is 199 Å². The quantitative estimate of drug-likeness (QED) is 0.134. The Bertz CT molecular complexity index is 3150. The van der Waals surface area contributed by atoms with Gasteiger partial charge in [0.05, 0.1) is 0 Å². The molecule has 0 N–H and O–H groups in total. The van der Waals surface area contributed by atoms with Crippen LogP contribution in [0.3, 0.4) is 0 Å². The lowest BCUT2D eigenvalue weighted by molar-refractivity contribution is 0.669. The van der Waals surface area contributed by atoms with E-state index in [-0.39, 0.29) is 0 Å². The molecule has 0 amide bonds. The summed E-state index contributed by atoms with van der Waals surface area (Å²) in [7, 11) is 0. The zero-order valence-corrected chi connectivity index (χ0v) is 28.9. The van der Waals surface area contributed by atoms with Crippen molar-refractivity contribution in [1.29, 1.82) is 0 Å². The maximum Gasteiger partial charge on any atom is 0.136 e. The molecular weight excluding hydrogens is 641 g/mol. The van der Waals surface area contributed by atoms with Gasteiger partial charge in [0.15, 0.2) is 0 Å². The number of benzene rings is 10. The van der Waals surface area contributed by atoms with Crippen molar-refractivity contribution in [3.05, 3.63) is 194 Å². The topological polar surface area (TPSA) is 13.1 Å². The predicted octanol–water partition coefficient (Wildman–Crippen LogP) is 14.9. The van der Waals surface area contributed by atoms with Crippen molar-refractivity contribution in [2.45, 2.75) is 0 Å². The molecule has 0 radical (unpaired) electrons. The van der Waals surface area contributed by atoms with E-state index in [9.17, 15) is 0 Å². The first-order chi connectivity index (χ1) is 26.3. The third-order valence-corrected chi connectivity index (χ3v) is 11.1. The normalized spacial score (nSPS) is 11.8. The minimum atomic E-state index is 0.904. The molecular formula is C52H32O. The summed E-state index contributed by atoms with van der Waals surface area (Å²) in [5, 5.41) is 12.4. The Morgan fingerprint density at radius 3 is 1.60 bits per heavy atom. The van der Waals surface area contributed by atoms with Crippen molar-refractivity contribution >= 4 is 65.0 Å². The first kappa shape index (κ1) is 29.7. The smallest absolute Gasteiger partial charge is 0.136 e. The standard InChI is InChI=1S/C52H32O/c1-2-12-33(13-3-1)37-29-31-48-47(32-37)52-39(20-11-23-49(52)53-48)35-24-26-36(27-25-35)50-43-16-6-8-18-45(43)51(46-19-9-7-17-44(46)50)42-22-10-21-40-38-15-5-4-14-34(38)28-30-41(40)42/h1-32H. The molecule has 0 spiro atoms. The van der Waals surface area contributed by atoms with Crippen molar-refractivity contribution in [2.24, 2.45) is 0 Å². The molecule has 1 heterocycles. The molecule has 0 saturated carbocycles. The van der Waals surface area contributed by atoms with Gasteiger partial charge in [-0.2, -0.15) is 0 Å². The van der Waals surface area contributed by atoms with E-state index in [1.807, 2.05) is 0 Å². The van der Waals surface area contributed by atoms with Crippen LogP contribution in [0.2, 0.25) is 0 Å². The monoisotopic (exact) mass is 672 g/mol. The fourth-order valence-corrected chi connectivity index (χ4v) is 8.68. The van der Waals surface area contributed by atoms with Crippen LogP contribution in [0.25, 0.3) is 110 Å². The Kier molecular flexibility index (Phi) is 6.62. The van der Waals surface area contributed by atoms with Crippen LogP contribution in [-0.4, -0.2) is 0 Å². The Balaban J connectivity index is 1.10. The molecule has 0 fully saturated rings. The van der Waals surface area contributed by atoms with Crippen molar-refractivity contribution in [2.75, 3.05) is 0 Å². The van der Waals surface area contributed by atoms with Gasteiger partial charge in [0.1, 0.15) is 11.2 Å². The minimum absolute atomic E-state index is 0.904. The second-order valence-electron chi connectivity index (χ2n) is 14.0. The number of fused-ring (bicyclic) bond motifs is 8. The van der Waals surface area contributed by atoms with Gasteiger partial charge in [-0.15, -0.1) is 0 Å². The second kappa shape index (κ2) is 11.8. The second-order valence-corrected chi connectivity index (χ2v) is 14.0. The van der Waals surface area contributed by atoms with Gasteiger partial charge in [-0.05, 0) is 106 Å². The molecule has 1 nitrogen and oxygen atoms in total. The number of hydrogen-bond donors (Lipinski definition) is 0. The van der Waals surface area contributed by atoms with Gasteiger partial charge in [-0.3, -0.25) is 0 Å². The summed E-state index contributed by atoms with van der Waals surface area (Å²) in [5.74, 6) is 0. The van der Waals surface area contributed by atoms with E-state index >= 15 is 0 Å². The van der Waals surface area contributed by atoms with E-state index in [1.54, 1.807) is 0 Å². The zero-order valence-electron chi connectivity index (χ0n) is 28.9. The highest BCUT2D eigenvalue weighted by Crippen LogP contribution is 2.46. The van der Waals surface area contributed by atoms with Crippen LogP contribution in [0.5, 0.6) is 0 Å². The van der Waals surface area contributed by atoms with Gasteiger partial charge in [0, 0.05) is 10.8 Å². The predicted molar refractivity (Wildman–Crippen MR) is 225 cm³/mol. The minimum Gasteiger partial charge on any atom is -0.456 e. The lowest BCUT2D eigenvalue weighted by Crippen LogP contribution is -1.92. The van der Waals surface area contributed by atoms with Crippen LogP contribution in [0, 0.1) is 0 Å². The zero-order chi connectivity index (χ0) is 34.9. The summed E-state index contributed by atoms with van der Waals surface area (Å²) < 4.78 is 6.39. The molecule has 0 bridgehead atoms. The highest BCUT2D eigenvalue weighted by Gasteiger charge is 2.19. The average Bonchev–Trinajstić information content (AvgIpc) is 3.61. The lowest BCUT2D eigenvalue weighted by Gasteiger charge is -2.19. The summed E-state index contributed by atoms with van der Waals surface area (Å²) >= 11 is 0. The van der Waals surface area contributed by atoms with E-state index in [0.29, 0.717) is 0 Å². The molecule has 11 aromatic rings. The number of rotatable bonds is 4. The molecule has 53 heavy (non-hydrogen) atoms. The van der Waals surface area contributed by atoms with E-state index in [2.05, 4.69) is 194 Å². The van der Waals surface area contributed by atoms with E-state index < -0.39 is 0 Å². The van der Waals surface area contributed by atoms with E-state index in [0.717, 1.165) is 21.9 Å². The average molecular weight is 673 g/mol. The highest BCUT2D eigenvalue weighted by molar-refractivity contribution is 6.25. The molecule has 0 saturated heterocycles. The molecule has 1 heteroatoms. The van der Waals surface area contributed by atoms with Crippen molar-refractivity contribution in [1.82, 2.24) is 0 Å². The molecule has 246 valence electrons. The third kappa shape index (κ3) is 4.64. The summed E-state index contributed by atoms with van der Waals surface area (Å²) in [6.45, 7) is 0. The molecule has 0 unspecified atom stereocenters. The fraction of sp³-hybridized carbons (Fsp3) is 0. The van der Waals surface area contributed by atoms with E-state index in [4.69, 9.17) is 4.42 Å². The van der Waals surface area contributed by atoms with Gasteiger partial charge in [-0.25, -0.2) is 0 Å². The van der Waals surface area contributed by atoms with Crippen molar-refractivity contribution < 1.29 is 4.42 Å². The molecule has 0 atom stereocenters. The molecule has 0 aliphatic carbocycles. The number of furan rings is 1. The molecule has 1 aromatic heterocycles. The summed E-state index contributed by atoms with van der Waals surface area (Å²) in [6, 6.07) is 70.5. The Labute approximate surface area is 307 Å². The van der Waals surface area contributed by atoms with Gasteiger partial charge in [0.2, 0.25) is 0 Å². The lowest BCUT2D eigenvalue weighted by atomic mass is 9.84. The maximum absolute atomic E-state index is 6.39. The summed E-state index contributed by atoms with van der Waals surface area (Å²) in [5.41, 5.74) is 11.5. The largest absolute Gasteiger partial charge is 0.456 e. The molecule has 10 aromatic carbocycles. The fourth-order valence-electron chi connectivity index (χ4n) is 8.68. The van der Waals surface area contributed by atoms with Crippen LogP contribution in [0.4, 0.5) is 0 Å². The Morgan fingerprint density at radius 2 is 0.849 bits per heavy atom. The maximum atomic E-state index is 6.39. The van der Waals surface area contributed by atoms with Crippen molar-refractivity contribution in [3.8, 4) is 44.5 Å². The molecule has 0 aliphatic heterocycles. The molecule has 11 rings (SSSR count). The summed E-state index contributed by atoms with van der Waals surface area (Å²) in [6.07, 6.45) is 0. The SMILES string of the molecule is c1ccc(-c2ccc3oc4cccc(-c5ccc(-c6c7ccccc7c(-c7cccc8c7ccc7ccccc78)c7ccccc67)cc5)c4c3c2)cc1. The third-order valence-electron chi connectivity index (χ3n) is 11.1. The first-order valence-electron chi connectivity index (χ1n) is 18.3. The Morgan fingerprint density at radius 1 is 0.264 bits per heavy atom. The van der Waals surface area contributed by atoms with Gasteiger partial charge < -0.3 is 4.42 Å². The first-order valence-corrected chi connectivity index (χ1v) is 18.3. The number of hydrogen-bond acceptors (Lipinski definition) is 1. The summed E-state index contributed by atoms with van der Waals surface area (Å²) in [4.78, 5) is 0. The van der Waals surface area contributed by atoms with Crippen LogP contribution in [0.1, 0.15) is 0 Å². The molecule has 0 aliphatic rings. The van der Waals surface area contributed by atoms with Crippen LogP contribution in [-0.2, 0) is 0 Å². The van der Waals surface area contributed by atoms with Crippen LogP contribution >= 0.6 is 0 Å². The van der Waals surface area contributed by atoms with Crippen molar-refractivity contribution in [3.63, 3.8) is 0 Å². The van der Waals surface area contributed by atoms with Crippen LogP contribution < -0.4 is 0 Å².